The zero-order valence-corrected chi connectivity index (χ0v) is 16.4. The lowest BCUT2D eigenvalue weighted by molar-refractivity contribution is -0.131. The van der Waals surface area contributed by atoms with Crippen molar-refractivity contribution in [1.29, 1.82) is 0 Å². The van der Waals surface area contributed by atoms with Gasteiger partial charge in [0.05, 0.1) is 16.4 Å². The molecule has 4 rings (SSSR count). The minimum atomic E-state index is -0.391. The van der Waals surface area contributed by atoms with Crippen LogP contribution in [-0.4, -0.2) is 27.4 Å². The quantitative estimate of drug-likeness (QED) is 0.502. The predicted octanol–water partition coefficient (Wildman–Crippen LogP) is 4.11. The van der Waals surface area contributed by atoms with E-state index in [9.17, 15) is 9.59 Å². The molecule has 6 nitrogen and oxygen atoms in total. The SMILES string of the molecule is CN(Cc1ccc(Cl)c(Cl)c1)C(=O)Cn1cnc2c(oc3ccccc32)c1=O. The number of amides is 1. The maximum absolute atomic E-state index is 12.7. The topological polar surface area (TPSA) is 68.3 Å². The highest BCUT2D eigenvalue weighted by molar-refractivity contribution is 6.42. The van der Waals surface area contributed by atoms with E-state index in [1.807, 2.05) is 18.2 Å². The fourth-order valence-electron chi connectivity index (χ4n) is 2.99. The fraction of sp³-hybridized carbons (Fsp3) is 0.150. The maximum Gasteiger partial charge on any atom is 0.297 e. The molecule has 0 aliphatic carbocycles. The molecule has 0 unspecified atom stereocenters. The van der Waals surface area contributed by atoms with Gasteiger partial charge in [-0.2, -0.15) is 0 Å². The van der Waals surface area contributed by atoms with Crippen LogP contribution in [0.5, 0.6) is 0 Å². The molecular formula is C20H15Cl2N3O3. The molecule has 0 saturated heterocycles. The van der Waals surface area contributed by atoms with Crippen LogP contribution in [0.25, 0.3) is 22.1 Å². The Morgan fingerprint density at radius 3 is 2.75 bits per heavy atom. The summed E-state index contributed by atoms with van der Waals surface area (Å²) in [7, 11) is 1.66. The predicted molar refractivity (Wildman–Crippen MR) is 109 cm³/mol. The number of hydrogen-bond donors (Lipinski definition) is 0. The van der Waals surface area contributed by atoms with Gasteiger partial charge in [-0.1, -0.05) is 41.4 Å². The zero-order chi connectivity index (χ0) is 19.8. The second-order valence-corrected chi connectivity index (χ2v) is 7.27. The molecule has 0 fully saturated rings. The summed E-state index contributed by atoms with van der Waals surface area (Å²) in [6.07, 6.45) is 1.37. The number of halogens is 2. The summed E-state index contributed by atoms with van der Waals surface area (Å²) >= 11 is 11.9. The van der Waals surface area contributed by atoms with Crippen molar-refractivity contribution in [3.05, 3.63) is 74.8 Å². The van der Waals surface area contributed by atoms with Gasteiger partial charge in [0.15, 0.2) is 0 Å². The summed E-state index contributed by atoms with van der Waals surface area (Å²) in [5.74, 6) is -0.245. The van der Waals surface area contributed by atoms with E-state index in [1.54, 1.807) is 31.3 Å². The van der Waals surface area contributed by atoms with Gasteiger partial charge in [-0.3, -0.25) is 14.2 Å². The number of benzene rings is 2. The number of fused-ring (bicyclic) bond motifs is 3. The Hall–Kier alpha value is -2.83. The number of likely N-dealkylation sites (N-methyl/N-ethyl adjacent to an activating group) is 1. The first-order valence-corrected chi connectivity index (χ1v) is 9.24. The Morgan fingerprint density at radius 2 is 1.96 bits per heavy atom. The summed E-state index contributed by atoms with van der Waals surface area (Å²) in [6.45, 7) is 0.196. The average molecular weight is 416 g/mol. The zero-order valence-electron chi connectivity index (χ0n) is 14.9. The second kappa shape index (κ2) is 7.30. The number of carbonyl (C=O) groups excluding carboxylic acids is 1. The molecule has 0 aliphatic heterocycles. The monoisotopic (exact) mass is 415 g/mol. The molecular weight excluding hydrogens is 401 g/mol. The lowest BCUT2D eigenvalue weighted by Crippen LogP contribution is -2.33. The van der Waals surface area contributed by atoms with Crippen LogP contribution in [0.3, 0.4) is 0 Å². The molecule has 142 valence electrons. The Kier molecular flexibility index (Phi) is 4.83. The number of nitrogens with zero attached hydrogens (tertiary/aromatic N) is 3. The second-order valence-electron chi connectivity index (χ2n) is 6.45. The normalized spacial score (nSPS) is 11.2. The van der Waals surface area contributed by atoms with E-state index in [-0.39, 0.29) is 18.0 Å². The van der Waals surface area contributed by atoms with Gasteiger partial charge in [-0.05, 0) is 29.8 Å². The van der Waals surface area contributed by atoms with Gasteiger partial charge in [0.1, 0.15) is 17.6 Å². The molecule has 0 aliphatic rings. The number of hydrogen-bond acceptors (Lipinski definition) is 4. The van der Waals surface area contributed by atoms with Crippen molar-refractivity contribution in [2.45, 2.75) is 13.1 Å². The van der Waals surface area contributed by atoms with E-state index < -0.39 is 5.56 Å². The summed E-state index contributed by atoms with van der Waals surface area (Å²) in [5, 5.41) is 1.65. The standard InChI is InChI=1S/C20H15Cl2N3O3/c1-24(9-12-6-7-14(21)15(22)8-12)17(26)10-25-11-23-18-13-4-2-3-5-16(13)28-19(18)20(25)27/h2-8,11H,9-10H2,1H3. The van der Waals surface area contributed by atoms with Crippen LogP contribution in [0.2, 0.25) is 10.0 Å². The minimum Gasteiger partial charge on any atom is -0.448 e. The van der Waals surface area contributed by atoms with E-state index >= 15 is 0 Å². The highest BCUT2D eigenvalue weighted by atomic mass is 35.5. The smallest absolute Gasteiger partial charge is 0.297 e. The van der Waals surface area contributed by atoms with Crippen molar-refractivity contribution < 1.29 is 9.21 Å². The molecule has 2 heterocycles. The molecule has 28 heavy (non-hydrogen) atoms. The third-order valence-electron chi connectivity index (χ3n) is 4.49. The molecule has 0 N–H and O–H groups in total. The molecule has 0 bridgehead atoms. The highest BCUT2D eigenvalue weighted by Gasteiger charge is 2.16. The maximum atomic E-state index is 12.7. The molecule has 0 spiro atoms. The first-order valence-electron chi connectivity index (χ1n) is 8.48. The van der Waals surface area contributed by atoms with Crippen molar-refractivity contribution in [3.63, 3.8) is 0 Å². The Morgan fingerprint density at radius 1 is 1.18 bits per heavy atom. The van der Waals surface area contributed by atoms with Gasteiger partial charge in [0.25, 0.3) is 5.56 Å². The van der Waals surface area contributed by atoms with Gasteiger partial charge in [-0.25, -0.2) is 4.98 Å². The fourth-order valence-corrected chi connectivity index (χ4v) is 3.32. The number of rotatable bonds is 4. The summed E-state index contributed by atoms with van der Waals surface area (Å²) in [5.41, 5.74) is 1.67. The Labute approximate surface area is 169 Å². The molecule has 0 radical (unpaired) electrons. The summed E-state index contributed by atoms with van der Waals surface area (Å²) < 4.78 is 6.89. The largest absolute Gasteiger partial charge is 0.448 e. The van der Waals surface area contributed by atoms with Crippen molar-refractivity contribution in [2.24, 2.45) is 0 Å². The number of aromatic nitrogens is 2. The van der Waals surface area contributed by atoms with Crippen LogP contribution in [-0.2, 0) is 17.9 Å². The molecule has 4 aromatic rings. The van der Waals surface area contributed by atoms with Crippen molar-refractivity contribution in [1.82, 2.24) is 14.5 Å². The summed E-state index contributed by atoms with van der Waals surface area (Å²) in [6, 6.07) is 12.5. The third kappa shape index (κ3) is 3.37. The number of para-hydroxylation sites is 1. The van der Waals surface area contributed by atoms with E-state index in [2.05, 4.69) is 4.98 Å². The van der Waals surface area contributed by atoms with Gasteiger partial charge >= 0.3 is 0 Å². The van der Waals surface area contributed by atoms with E-state index in [4.69, 9.17) is 27.6 Å². The molecule has 2 aromatic heterocycles. The van der Waals surface area contributed by atoms with Crippen LogP contribution >= 0.6 is 23.2 Å². The van der Waals surface area contributed by atoms with Crippen LogP contribution in [0.1, 0.15) is 5.56 Å². The molecule has 8 heteroatoms. The Balaban J connectivity index is 1.57. The number of furan rings is 1. The molecule has 1 amide bonds. The average Bonchev–Trinajstić information content (AvgIpc) is 3.06. The van der Waals surface area contributed by atoms with Crippen molar-refractivity contribution in [3.8, 4) is 0 Å². The first kappa shape index (κ1) is 18.5. The van der Waals surface area contributed by atoms with Gasteiger partial charge in [-0.15, -0.1) is 0 Å². The van der Waals surface area contributed by atoms with Crippen LogP contribution < -0.4 is 5.56 Å². The van der Waals surface area contributed by atoms with Gasteiger partial charge in [0.2, 0.25) is 11.5 Å². The molecule has 0 saturated carbocycles. The van der Waals surface area contributed by atoms with Crippen LogP contribution in [0.4, 0.5) is 0 Å². The van der Waals surface area contributed by atoms with Crippen LogP contribution in [0.15, 0.2) is 58.0 Å². The van der Waals surface area contributed by atoms with E-state index in [0.29, 0.717) is 27.7 Å². The van der Waals surface area contributed by atoms with Crippen LogP contribution in [0, 0.1) is 0 Å². The Bertz CT molecular complexity index is 1260. The molecule has 2 aromatic carbocycles. The minimum absolute atomic E-state index is 0.142. The highest BCUT2D eigenvalue weighted by Crippen LogP contribution is 2.24. The lowest BCUT2D eigenvalue weighted by atomic mass is 10.2. The van der Waals surface area contributed by atoms with Gasteiger partial charge < -0.3 is 9.32 Å². The van der Waals surface area contributed by atoms with E-state index in [1.165, 1.54) is 15.8 Å². The third-order valence-corrected chi connectivity index (χ3v) is 5.22. The molecule has 0 atom stereocenters. The number of carbonyl (C=O) groups is 1. The van der Waals surface area contributed by atoms with Crippen molar-refractivity contribution >= 4 is 51.2 Å². The first-order chi connectivity index (χ1) is 13.4. The van der Waals surface area contributed by atoms with E-state index in [0.717, 1.165) is 10.9 Å². The lowest BCUT2D eigenvalue weighted by Gasteiger charge is -2.18. The van der Waals surface area contributed by atoms with Crippen molar-refractivity contribution in [2.75, 3.05) is 7.05 Å². The van der Waals surface area contributed by atoms with Gasteiger partial charge in [0, 0.05) is 19.0 Å². The summed E-state index contributed by atoms with van der Waals surface area (Å²) in [4.78, 5) is 31.1.